The molecule has 0 radical (unpaired) electrons. The number of halogens is 1. The molecule has 0 bridgehead atoms. The van der Waals surface area contributed by atoms with Crippen LogP contribution in [0.5, 0.6) is 0 Å². The molecule has 0 aliphatic carbocycles. The average Bonchev–Trinajstić information content (AvgIpc) is 2.97. The van der Waals surface area contributed by atoms with Crippen molar-refractivity contribution in [2.75, 3.05) is 5.32 Å². The van der Waals surface area contributed by atoms with Crippen LogP contribution in [-0.2, 0) is 6.54 Å². The van der Waals surface area contributed by atoms with Crippen LogP contribution in [-0.4, -0.2) is 20.7 Å². The molecule has 110 valence electrons. The zero-order chi connectivity index (χ0) is 15.4. The van der Waals surface area contributed by atoms with E-state index in [1.54, 1.807) is 53.7 Å². The smallest absolute Gasteiger partial charge is 0.255 e. The quantitative estimate of drug-likeness (QED) is 0.805. The van der Waals surface area contributed by atoms with E-state index in [0.717, 1.165) is 5.56 Å². The second kappa shape index (κ2) is 6.17. The Balaban J connectivity index is 1.66. The highest BCUT2D eigenvalue weighted by Crippen LogP contribution is 2.10. The highest BCUT2D eigenvalue weighted by molar-refractivity contribution is 6.03. The third-order valence-corrected chi connectivity index (χ3v) is 3.09. The molecule has 22 heavy (non-hydrogen) atoms. The fourth-order valence-corrected chi connectivity index (χ4v) is 2.00. The van der Waals surface area contributed by atoms with Crippen molar-refractivity contribution in [2.24, 2.45) is 0 Å². The van der Waals surface area contributed by atoms with Crippen molar-refractivity contribution < 1.29 is 9.18 Å². The van der Waals surface area contributed by atoms with Gasteiger partial charge in [-0.3, -0.25) is 14.5 Å². The van der Waals surface area contributed by atoms with Crippen LogP contribution < -0.4 is 5.32 Å². The maximum atomic E-state index is 12.9. The summed E-state index contributed by atoms with van der Waals surface area (Å²) >= 11 is 0. The molecule has 0 fully saturated rings. The molecule has 3 rings (SSSR count). The molecule has 0 saturated carbocycles. The number of carbonyl (C=O) groups is 1. The molecule has 0 spiro atoms. The number of hydrogen-bond acceptors (Lipinski definition) is 3. The number of hydrogen-bond donors (Lipinski definition) is 1. The van der Waals surface area contributed by atoms with Gasteiger partial charge in [-0.1, -0.05) is 12.1 Å². The Morgan fingerprint density at radius 3 is 2.59 bits per heavy atom. The number of nitrogens with one attached hydrogen (secondary N) is 1. The zero-order valence-corrected chi connectivity index (χ0v) is 11.6. The van der Waals surface area contributed by atoms with Crippen molar-refractivity contribution in [3.8, 4) is 0 Å². The molecule has 0 saturated heterocycles. The summed E-state index contributed by atoms with van der Waals surface area (Å²) in [5, 5.41) is 6.94. The van der Waals surface area contributed by atoms with Gasteiger partial charge in [0, 0.05) is 24.2 Å². The summed E-state index contributed by atoms with van der Waals surface area (Å²) in [6.07, 6.45) is 6.42. The van der Waals surface area contributed by atoms with Crippen molar-refractivity contribution in [2.45, 2.75) is 6.54 Å². The average molecular weight is 296 g/mol. The van der Waals surface area contributed by atoms with Gasteiger partial charge in [-0.2, -0.15) is 5.10 Å². The minimum atomic E-state index is -0.269. The van der Waals surface area contributed by atoms with Crippen molar-refractivity contribution in [3.05, 3.63) is 78.1 Å². The molecule has 0 atom stereocenters. The van der Waals surface area contributed by atoms with Crippen molar-refractivity contribution in [3.63, 3.8) is 0 Å². The summed E-state index contributed by atoms with van der Waals surface area (Å²) in [6, 6.07) is 9.49. The summed E-state index contributed by atoms with van der Waals surface area (Å²) in [4.78, 5) is 15.9. The standard InChI is InChI=1S/C16H13FN4O/c17-14-3-1-12(2-4-14)10-21-11-15(9-19-21)20-16(22)13-5-7-18-8-6-13/h1-9,11H,10H2,(H,20,22). The third kappa shape index (κ3) is 3.35. The molecule has 5 nitrogen and oxygen atoms in total. The van der Waals surface area contributed by atoms with Gasteiger partial charge in [0.1, 0.15) is 5.82 Å². The van der Waals surface area contributed by atoms with E-state index in [9.17, 15) is 9.18 Å². The molecule has 1 N–H and O–H groups in total. The van der Waals surface area contributed by atoms with Crippen LogP contribution in [0.1, 0.15) is 15.9 Å². The van der Waals surface area contributed by atoms with E-state index in [0.29, 0.717) is 17.8 Å². The van der Waals surface area contributed by atoms with Crippen LogP contribution in [0.4, 0.5) is 10.1 Å². The lowest BCUT2D eigenvalue weighted by atomic mass is 10.2. The third-order valence-electron chi connectivity index (χ3n) is 3.09. The summed E-state index contributed by atoms with van der Waals surface area (Å²) in [5.41, 5.74) is 2.06. The largest absolute Gasteiger partial charge is 0.319 e. The van der Waals surface area contributed by atoms with Crippen LogP contribution in [0.15, 0.2) is 61.2 Å². The van der Waals surface area contributed by atoms with Crippen LogP contribution in [0, 0.1) is 5.82 Å². The van der Waals surface area contributed by atoms with Gasteiger partial charge < -0.3 is 5.32 Å². The number of benzene rings is 1. The van der Waals surface area contributed by atoms with E-state index < -0.39 is 0 Å². The summed E-state index contributed by atoms with van der Waals surface area (Å²) in [5.74, 6) is -0.488. The van der Waals surface area contributed by atoms with Crippen LogP contribution in [0.25, 0.3) is 0 Å². The first kappa shape index (κ1) is 13.9. The summed E-state index contributed by atoms with van der Waals surface area (Å²) in [7, 11) is 0. The minimum Gasteiger partial charge on any atom is -0.319 e. The predicted molar refractivity (Wildman–Crippen MR) is 79.9 cm³/mol. The number of anilines is 1. The highest BCUT2D eigenvalue weighted by atomic mass is 19.1. The topological polar surface area (TPSA) is 59.8 Å². The normalized spacial score (nSPS) is 10.4. The lowest BCUT2D eigenvalue weighted by molar-refractivity contribution is 0.102. The van der Waals surface area contributed by atoms with E-state index >= 15 is 0 Å². The van der Waals surface area contributed by atoms with E-state index in [4.69, 9.17) is 0 Å². The zero-order valence-electron chi connectivity index (χ0n) is 11.6. The van der Waals surface area contributed by atoms with Crippen LogP contribution in [0.3, 0.4) is 0 Å². The Bertz CT molecular complexity index is 768. The number of nitrogens with zero attached hydrogens (tertiary/aromatic N) is 3. The Morgan fingerprint density at radius 1 is 1.14 bits per heavy atom. The lowest BCUT2D eigenvalue weighted by Crippen LogP contribution is -2.11. The molecule has 2 heterocycles. The molecule has 0 unspecified atom stereocenters. The second-order valence-electron chi connectivity index (χ2n) is 4.74. The van der Waals surface area contributed by atoms with Crippen LogP contribution >= 0.6 is 0 Å². The second-order valence-corrected chi connectivity index (χ2v) is 4.74. The highest BCUT2D eigenvalue weighted by Gasteiger charge is 2.07. The molecule has 1 amide bonds. The summed E-state index contributed by atoms with van der Waals surface area (Å²) < 4.78 is 14.5. The molecule has 0 aliphatic heterocycles. The van der Waals surface area contributed by atoms with Gasteiger partial charge in [-0.05, 0) is 29.8 Å². The predicted octanol–water partition coefficient (Wildman–Crippen LogP) is 2.72. The molecule has 6 heteroatoms. The summed E-state index contributed by atoms with van der Waals surface area (Å²) in [6.45, 7) is 0.505. The number of pyridine rings is 1. The maximum Gasteiger partial charge on any atom is 0.255 e. The maximum absolute atomic E-state index is 12.9. The van der Waals surface area contributed by atoms with E-state index in [2.05, 4.69) is 15.4 Å². The Morgan fingerprint density at radius 2 is 1.86 bits per heavy atom. The van der Waals surface area contributed by atoms with Gasteiger partial charge in [-0.25, -0.2) is 4.39 Å². The molecular formula is C16H13FN4O. The van der Waals surface area contributed by atoms with E-state index in [1.165, 1.54) is 12.1 Å². The lowest BCUT2D eigenvalue weighted by Gasteiger charge is -2.02. The molecule has 2 aromatic heterocycles. The number of amides is 1. The van der Waals surface area contributed by atoms with E-state index in [-0.39, 0.29) is 11.7 Å². The Kier molecular flexibility index (Phi) is 3.91. The van der Waals surface area contributed by atoms with Gasteiger partial charge in [0.15, 0.2) is 0 Å². The van der Waals surface area contributed by atoms with Gasteiger partial charge in [0.2, 0.25) is 0 Å². The van der Waals surface area contributed by atoms with Gasteiger partial charge in [0.25, 0.3) is 5.91 Å². The molecule has 3 aromatic rings. The van der Waals surface area contributed by atoms with Gasteiger partial charge in [0.05, 0.1) is 18.4 Å². The molecular weight excluding hydrogens is 283 g/mol. The van der Waals surface area contributed by atoms with Crippen molar-refractivity contribution in [1.29, 1.82) is 0 Å². The molecule has 1 aromatic carbocycles. The van der Waals surface area contributed by atoms with Crippen molar-refractivity contribution >= 4 is 11.6 Å². The first-order chi connectivity index (χ1) is 10.7. The van der Waals surface area contributed by atoms with E-state index in [1.807, 2.05) is 0 Å². The van der Waals surface area contributed by atoms with Crippen molar-refractivity contribution in [1.82, 2.24) is 14.8 Å². The van der Waals surface area contributed by atoms with Gasteiger partial charge in [-0.15, -0.1) is 0 Å². The monoisotopic (exact) mass is 296 g/mol. The minimum absolute atomic E-state index is 0.219. The first-order valence-corrected chi connectivity index (χ1v) is 6.69. The number of rotatable bonds is 4. The Hall–Kier alpha value is -3.02. The first-order valence-electron chi connectivity index (χ1n) is 6.69. The number of aromatic nitrogens is 3. The SMILES string of the molecule is O=C(Nc1cnn(Cc2ccc(F)cc2)c1)c1ccncc1. The Labute approximate surface area is 126 Å². The van der Waals surface area contributed by atoms with Gasteiger partial charge >= 0.3 is 0 Å². The van der Waals surface area contributed by atoms with Crippen LogP contribution in [0.2, 0.25) is 0 Å². The molecule has 0 aliphatic rings. The fraction of sp³-hybridized carbons (Fsp3) is 0.0625. The number of carbonyl (C=O) groups excluding carboxylic acids is 1. The fourth-order valence-electron chi connectivity index (χ4n) is 2.00.